The zero-order valence-corrected chi connectivity index (χ0v) is 16.7. The molecule has 3 heterocycles. The van der Waals surface area contributed by atoms with Gasteiger partial charge in [0, 0.05) is 42.0 Å². The minimum Gasteiger partial charge on any atom is -0.494 e. The van der Waals surface area contributed by atoms with E-state index in [4.69, 9.17) is 14.7 Å². The highest BCUT2D eigenvalue weighted by Crippen LogP contribution is 2.38. The van der Waals surface area contributed by atoms with Crippen LogP contribution >= 0.6 is 0 Å². The van der Waals surface area contributed by atoms with Gasteiger partial charge in [-0.05, 0) is 48.7 Å². The van der Waals surface area contributed by atoms with Gasteiger partial charge < -0.3 is 9.64 Å². The van der Waals surface area contributed by atoms with E-state index < -0.39 is 0 Å². The molecule has 0 spiro atoms. The molecule has 0 N–H and O–H groups in total. The summed E-state index contributed by atoms with van der Waals surface area (Å²) in [6, 6.07) is 14.4. The largest absolute Gasteiger partial charge is 0.494 e. The van der Waals surface area contributed by atoms with Gasteiger partial charge in [-0.25, -0.2) is 14.4 Å². The zero-order chi connectivity index (χ0) is 20.5. The Bertz CT molecular complexity index is 1210. The number of hydrogen-bond donors (Lipinski definition) is 0. The van der Waals surface area contributed by atoms with Gasteiger partial charge in [-0.2, -0.15) is 0 Å². The monoisotopic (exact) mass is 400 g/mol. The summed E-state index contributed by atoms with van der Waals surface area (Å²) in [5, 5.41) is 0.863. The van der Waals surface area contributed by atoms with Gasteiger partial charge in [0.25, 0.3) is 0 Å². The first-order chi connectivity index (χ1) is 14.7. The molecule has 2 aromatic carbocycles. The lowest BCUT2D eigenvalue weighted by atomic mass is 10.0. The van der Waals surface area contributed by atoms with E-state index in [1.54, 1.807) is 31.6 Å². The van der Waals surface area contributed by atoms with Gasteiger partial charge in [0.05, 0.1) is 7.11 Å². The lowest BCUT2D eigenvalue weighted by Gasteiger charge is -2.21. The summed E-state index contributed by atoms with van der Waals surface area (Å²) in [7, 11) is 1.61. The Kier molecular flexibility index (Phi) is 4.75. The second kappa shape index (κ2) is 7.71. The third-order valence-electron chi connectivity index (χ3n) is 5.48. The van der Waals surface area contributed by atoms with E-state index in [1.165, 1.54) is 6.07 Å². The van der Waals surface area contributed by atoms with Gasteiger partial charge in [-0.1, -0.05) is 18.2 Å². The molecule has 0 unspecified atom stereocenters. The van der Waals surface area contributed by atoms with Gasteiger partial charge in [0.1, 0.15) is 22.9 Å². The maximum atomic E-state index is 14.5. The van der Waals surface area contributed by atoms with Crippen molar-refractivity contribution in [3.63, 3.8) is 0 Å². The number of halogens is 1. The van der Waals surface area contributed by atoms with Crippen LogP contribution in [-0.4, -0.2) is 35.2 Å². The third kappa shape index (κ3) is 3.24. The number of rotatable bonds is 4. The second-order valence-corrected chi connectivity index (χ2v) is 7.36. The number of nitrogens with zero attached hydrogens (tertiary/aromatic N) is 4. The number of anilines is 1. The molecular formula is C24H21FN4O. The van der Waals surface area contributed by atoms with Crippen LogP contribution < -0.4 is 9.64 Å². The molecule has 1 aliphatic rings. The Morgan fingerprint density at radius 2 is 1.80 bits per heavy atom. The van der Waals surface area contributed by atoms with Crippen LogP contribution in [0.4, 0.5) is 10.2 Å². The van der Waals surface area contributed by atoms with Crippen LogP contribution in [0.15, 0.2) is 60.9 Å². The van der Waals surface area contributed by atoms with E-state index in [-0.39, 0.29) is 5.82 Å². The number of hydrogen-bond acceptors (Lipinski definition) is 5. The molecule has 0 amide bonds. The Morgan fingerprint density at radius 3 is 2.53 bits per heavy atom. The first-order valence-corrected chi connectivity index (χ1v) is 10.0. The Labute approximate surface area is 174 Å². The third-order valence-corrected chi connectivity index (χ3v) is 5.48. The van der Waals surface area contributed by atoms with Crippen molar-refractivity contribution in [3.05, 3.63) is 66.7 Å². The van der Waals surface area contributed by atoms with Crippen LogP contribution in [0.2, 0.25) is 0 Å². The molecule has 0 aliphatic carbocycles. The molecule has 1 saturated heterocycles. The number of fused-ring (bicyclic) bond motifs is 1. The molecule has 4 aromatic rings. The lowest BCUT2D eigenvalue weighted by molar-refractivity contribution is 0.419. The fourth-order valence-corrected chi connectivity index (χ4v) is 3.99. The van der Waals surface area contributed by atoms with Crippen molar-refractivity contribution < 1.29 is 9.13 Å². The number of ether oxygens (including phenoxy) is 1. The standard InChI is InChI=1S/C24H21FN4O/c1-30-21-14-17(18-8-2-3-9-20(18)25)13-19-22(21)27-23(16-7-6-10-26-15-16)28-24(19)29-11-4-5-12-29/h2-3,6-10,13-15H,4-5,11-12H2,1H3. The van der Waals surface area contributed by atoms with Crippen molar-refractivity contribution in [2.45, 2.75) is 12.8 Å². The van der Waals surface area contributed by atoms with E-state index in [0.29, 0.717) is 22.7 Å². The minimum atomic E-state index is -0.269. The molecule has 1 aliphatic heterocycles. The van der Waals surface area contributed by atoms with E-state index in [2.05, 4.69) is 9.88 Å². The average Bonchev–Trinajstić information content (AvgIpc) is 3.33. The summed E-state index contributed by atoms with van der Waals surface area (Å²) >= 11 is 0. The van der Waals surface area contributed by atoms with Crippen molar-refractivity contribution in [2.75, 3.05) is 25.1 Å². The molecular weight excluding hydrogens is 379 g/mol. The number of methoxy groups -OCH3 is 1. The highest BCUT2D eigenvalue weighted by molar-refractivity contribution is 5.98. The van der Waals surface area contributed by atoms with E-state index in [1.807, 2.05) is 30.3 Å². The highest BCUT2D eigenvalue weighted by atomic mass is 19.1. The SMILES string of the molecule is COc1cc(-c2ccccc2F)cc2c(N3CCCC3)nc(-c3cccnc3)nc12. The Hall–Kier alpha value is -3.54. The Morgan fingerprint density at radius 1 is 0.967 bits per heavy atom. The van der Waals surface area contributed by atoms with Crippen LogP contribution in [0.25, 0.3) is 33.4 Å². The summed E-state index contributed by atoms with van der Waals surface area (Å²) < 4.78 is 20.2. The zero-order valence-electron chi connectivity index (χ0n) is 16.7. The molecule has 6 heteroatoms. The van der Waals surface area contributed by atoms with Crippen molar-refractivity contribution in [1.29, 1.82) is 0 Å². The lowest BCUT2D eigenvalue weighted by Crippen LogP contribution is -2.20. The fourth-order valence-electron chi connectivity index (χ4n) is 3.99. The van der Waals surface area contributed by atoms with Gasteiger partial charge in [0.2, 0.25) is 0 Å². The minimum absolute atomic E-state index is 0.269. The highest BCUT2D eigenvalue weighted by Gasteiger charge is 2.22. The number of benzene rings is 2. The summed E-state index contributed by atoms with van der Waals surface area (Å²) in [6.07, 6.45) is 5.73. The summed E-state index contributed by atoms with van der Waals surface area (Å²) in [5.41, 5.74) is 2.84. The second-order valence-electron chi connectivity index (χ2n) is 7.36. The molecule has 2 aromatic heterocycles. The maximum absolute atomic E-state index is 14.5. The maximum Gasteiger partial charge on any atom is 0.163 e. The molecule has 5 rings (SSSR count). The van der Waals surface area contributed by atoms with Crippen LogP contribution in [-0.2, 0) is 0 Å². The van der Waals surface area contributed by atoms with E-state index in [0.717, 1.165) is 48.3 Å². The normalized spacial score (nSPS) is 13.7. The molecule has 150 valence electrons. The molecule has 30 heavy (non-hydrogen) atoms. The molecule has 0 atom stereocenters. The van der Waals surface area contributed by atoms with Gasteiger partial charge >= 0.3 is 0 Å². The van der Waals surface area contributed by atoms with Crippen molar-refractivity contribution in [3.8, 4) is 28.3 Å². The predicted octanol–water partition coefficient (Wildman–Crippen LogP) is 5.11. The summed E-state index contributed by atoms with van der Waals surface area (Å²) in [6.45, 7) is 1.87. The molecule has 5 nitrogen and oxygen atoms in total. The van der Waals surface area contributed by atoms with Crippen molar-refractivity contribution >= 4 is 16.7 Å². The fraction of sp³-hybridized carbons (Fsp3) is 0.208. The van der Waals surface area contributed by atoms with Crippen molar-refractivity contribution in [1.82, 2.24) is 15.0 Å². The van der Waals surface area contributed by atoms with Crippen LogP contribution in [0, 0.1) is 5.82 Å². The molecule has 0 saturated carbocycles. The van der Waals surface area contributed by atoms with Crippen LogP contribution in [0.1, 0.15) is 12.8 Å². The van der Waals surface area contributed by atoms with Crippen LogP contribution in [0.5, 0.6) is 5.75 Å². The topological polar surface area (TPSA) is 51.1 Å². The predicted molar refractivity (Wildman–Crippen MR) is 116 cm³/mol. The van der Waals surface area contributed by atoms with Gasteiger partial charge in [0.15, 0.2) is 5.82 Å². The van der Waals surface area contributed by atoms with Crippen molar-refractivity contribution in [2.24, 2.45) is 0 Å². The molecule has 0 bridgehead atoms. The van der Waals surface area contributed by atoms with Crippen LogP contribution in [0.3, 0.4) is 0 Å². The summed E-state index contributed by atoms with van der Waals surface area (Å²) in [5.74, 6) is 1.79. The molecule has 0 radical (unpaired) electrons. The number of pyridine rings is 1. The number of aromatic nitrogens is 3. The Balaban J connectivity index is 1.79. The first-order valence-electron chi connectivity index (χ1n) is 10.0. The molecule has 1 fully saturated rings. The summed E-state index contributed by atoms with van der Waals surface area (Å²) in [4.78, 5) is 16.2. The average molecular weight is 400 g/mol. The smallest absolute Gasteiger partial charge is 0.163 e. The van der Waals surface area contributed by atoms with Gasteiger partial charge in [-0.15, -0.1) is 0 Å². The van der Waals surface area contributed by atoms with E-state index >= 15 is 0 Å². The quantitative estimate of drug-likeness (QED) is 0.477. The van der Waals surface area contributed by atoms with E-state index in [9.17, 15) is 4.39 Å². The van der Waals surface area contributed by atoms with Gasteiger partial charge in [-0.3, -0.25) is 4.98 Å². The first kappa shape index (κ1) is 18.5.